The molecule has 0 radical (unpaired) electrons. The zero-order valence-corrected chi connectivity index (χ0v) is 8.79. The van der Waals surface area contributed by atoms with Crippen molar-refractivity contribution in [3.8, 4) is 0 Å². The number of carbonyl (C=O) groups excluding carboxylic acids is 3. The van der Waals surface area contributed by atoms with Crippen molar-refractivity contribution in [3.05, 3.63) is 24.3 Å². The highest BCUT2D eigenvalue weighted by molar-refractivity contribution is 5.96. The Morgan fingerprint density at radius 3 is 2.47 bits per heavy atom. The molecule has 0 aliphatic heterocycles. The maximum absolute atomic E-state index is 11.6. The zero-order chi connectivity index (χ0) is 12.8. The molecule has 3 amide bonds. The average molecular weight is 237 g/mol. The van der Waals surface area contributed by atoms with Crippen molar-refractivity contribution < 1.29 is 14.4 Å². The van der Waals surface area contributed by atoms with Crippen molar-refractivity contribution in [1.82, 2.24) is 15.3 Å². The molecule has 1 rings (SSSR count). The van der Waals surface area contributed by atoms with E-state index in [1.807, 2.05) is 0 Å². The van der Waals surface area contributed by atoms with Gasteiger partial charge in [0.1, 0.15) is 11.7 Å². The molecule has 0 aromatic carbocycles. The lowest BCUT2D eigenvalue weighted by Gasteiger charge is -2.12. The van der Waals surface area contributed by atoms with Crippen molar-refractivity contribution in [3.63, 3.8) is 0 Å². The molecule has 0 aliphatic carbocycles. The molecule has 1 heterocycles. The minimum Gasteiger partial charge on any atom is -0.370 e. The van der Waals surface area contributed by atoms with Crippen LogP contribution in [0.4, 0.5) is 0 Å². The van der Waals surface area contributed by atoms with E-state index in [0.717, 1.165) is 0 Å². The van der Waals surface area contributed by atoms with Crippen LogP contribution in [-0.4, -0.2) is 33.7 Å². The van der Waals surface area contributed by atoms with Crippen molar-refractivity contribution in [1.29, 1.82) is 0 Å². The van der Waals surface area contributed by atoms with E-state index in [0.29, 0.717) is 0 Å². The second-order valence-corrected chi connectivity index (χ2v) is 3.19. The number of nitrogens with one attached hydrogen (secondary N) is 1. The number of primary amides is 2. The minimum absolute atomic E-state index is 0.0169. The van der Waals surface area contributed by atoms with Crippen LogP contribution in [0.1, 0.15) is 16.9 Å². The summed E-state index contributed by atoms with van der Waals surface area (Å²) in [4.78, 5) is 40.6. The van der Waals surface area contributed by atoms with Gasteiger partial charge in [-0.05, 0) is 0 Å². The van der Waals surface area contributed by atoms with E-state index in [4.69, 9.17) is 11.5 Å². The van der Waals surface area contributed by atoms with Crippen LogP contribution in [0.2, 0.25) is 0 Å². The second kappa shape index (κ2) is 5.54. The summed E-state index contributed by atoms with van der Waals surface area (Å²) in [5, 5.41) is 2.25. The van der Waals surface area contributed by atoms with Crippen molar-refractivity contribution in [2.75, 3.05) is 0 Å². The van der Waals surface area contributed by atoms with Crippen LogP contribution in [0.5, 0.6) is 0 Å². The summed E-state index contributed by atoms with van der Waals surface area (Å²) in [7, 11) is 0. The molecule has 5 N–H and O–H groups in total. The third kappa shape index (κ3) is 3.86. The van der Waals surface area contributed by atoms with Gasteiger partial charge in [-0.1, -0.05) is 0 Å². The summed E-state index contributed by atoms with van der Waals surface area (Å²) in [6.45, 7) is 0. The Labute approximate surface area is 96.4 Å². The Hall–Kier alpha value is -2.51. The standard InChI is InChI=1S/C9H11N5O3/c10-7(15)3-5(8(11)16)14-9(17)6-4-12-1-2-13-6/h1-2,4-5H,3H2,(H2,10,15)(H2,11,16)(H,14,17). The minimum atomic E-state index is -1.15. The molecular weight excluding hydrogens is 226 g/mol. The smallest absolute Gasteiger partial charge is 0.272 e. The van der Waals surface area contributed by atoms with Gasteiger partial charge in [0.25, 0.3) is 5.91 Å². The van der Waals surface area contributed by atoms with Gasteiger partial charge in [0.2, 0.25) is 11.8 Å². The highest BCUT2D eigenvalue weighted by Crippen LogP contribution is 1.95. The van der Waals surface area contributed by atoms with Crippen molar-refractivity contribution >= 4 is 17.7 Å². The van der Waals surface area contributed by atoms with Crippen LogP contribution in [-0.2, 0) is 9.59 Å². The van der Waals surface area contributed by atoms with Gasteiger partial charge in [-0.15, -0.1) is 0 Å². The number of nitrogens with zero attached hydrogens (tertiary/aromatic N) is 2. The number of rotatable bonds is 5. The van der Waals surface area contributed by atoms with Gasteiger partial charge in [0.15, 0.2) is 0 Å². The number of amides is 3. The molecule has 8 nitrogen and oxygen atoms in total. The normalized spacial score (nSPS) is 11.5. The van der Waals surface area contributed by atoms with E-state index < -0.39 is 23.8 Å². The zero-order valence-electron chi connectivity index (χ0n) is 8.79. The monoisotopic (exact) mass is 237 g/mol. The fourth-order valence-corrected chi connectivity index (χ4v) is 1.07. The Balaban J connectivity index is 2.71. The van der Waals surface area contributed by atoms with Gasteiger partial charge in [-0.2, -0.15) is 0 Å². The van der Waals surface area contributed by atoms with E-state index in [-0.39, 0.29) is 12.1 Å². The Kier molecular flexibility index (Phi) is 4.09. The third-order valence-electron chi connectivity index (χ3n) is 1.85. The van der Waals surface area contributed by atoms with Gasteiger partial charge in [0.05, 0.1) is 12.6 Å². The van der Waals surface area contributed by atoms with Gasteiger partial charge in [-0.3, -0.25) is 19.4 Å². The van der Waals surface area contributed by atoms with Gasteiger partial charge < -0.3 is 16.8 Å². The lowest BCUT2D eigenvalue weighted by Crippen LogP contribution is -2.46. The quantitative estimate of drug-likeness (QED) is 0.539. The number of hydrogen-bond acceptors (Lipinski definition) is 5. The number of nitrogens with two attached hydrogens (primary N) is 2. The Morgan fingerprint density at radius 2 is 2.00 bits per heavy atom. The topological polar surface area (TPSA) is 141 Å². The molecule has 8 heteroatoms. The van der Waals surface area contributed by atoms with E-state index in [1.165, 1.54) is 18.6 Å². The molecule has 0 saturated heterocycles. The van der Waals surface area contributed by atoms with E-state index >= 15 is 0 Å². The van der Waals surface area contributed by atoms with E-state index in [1.54, 1.807) is 0 Å². The molecule has 0 bridgehead atoms. The molecule has 1 aromatic heterocycles. The van der Waals surface area contributed by atoms with Crippen LogP contribution in [0.15, 0.2) is 18.6 Å². The van der Waals surface area contributed by atoms with Gasteiger partial charge >= 0.3 is 0 Å². The van der Waals surface area contributed by atoms with Gasteiger partial charge in [0, 0.05) is 12.4 Å². The first-order valence-corrected chi connectivity index (χ1v) is 4.65. The molecule has 90 valence electrons. The molecule has 0 saturated carbocycles. The summed E-state index contributed by atoms with van der Waals surface area (Å²) in [5.41, 5.74) is 9.95. The molecule has 1 unspecified atom stereocenters. The average Bonchev–Trinajstić information content (AvgIpc) is 2.28. The summed E-state index contributed by atoms with van der Waals surface area (Å²) >= 11 is 0. The van der Waals surface area contributed by atoms with Crippen LogP contribution in [0, 0.1) is 0 Å². The van der Waals surface area contributed by atoms with Crippen LogP contribution in [0.25, 0.3) is 0 Å². The predicted molar refractivity (Wildman–Crippen MR) is 56.3 cm³/mol. The highest BCUT2D eigenvalue weighted by atomic mass is 16.2. The van der Waals surface area contributed by atoms with E-state index in [2.05, 4.69) is 15.3 Å². The summed E-state index contributed by atoms with van der Waals surface area (Å²) in [6.07, 6.45) is 3.58. The molecule has 1 aromatic rings. The summed E-state index contributed by atoms with van der Waals surface area (Å²) < 4.78 is 0. The molecule has 1 atom stereocenters. The molecular formula is C9H11N5O3. The highest BCUT2D eigenvalue weighted by Gasteiger charge is 2.21. The summed E-state index contributed by atoms with van der Waals surface area (Å²) in [5.74, 6) is -2.24. The fourth-order valence-electron chi connectivity index (χ4n) is 1.07. The maximum atomic E-state index is 11.6. The molecule has 0 spiro atoms. The first-order valence-electron chi connectivity index (χ1n) is 4.65. The maximum Gasteiger partial charge on any atom is 0.272 e. The van der Waals surface area contributed by atoms with E-state index in [9.17, 15) is 14.4 Å². The fraction of sp³-hybridized carbons (Fsp3) is 0.222. The van der Waals surface area contributed by atoms with Crippen LogP contribution in [0.3, 0.4) is 0 Å². The SMILES string of the molecule is NC(=O)CC(NC(=O)c1cnccn1)C(N)=O. The molecule has 17 heavy (non-hydrogen) atoms. The van der Waals surface area contributed by atoms with Crippen molar-refractivity contribution in [2.45, 2.75) is 12.5 Å². The largest absolute Gasteiger partial charge is 0.370 e. The summed E-state index contributed by atoms with van der Waals surface area (Å²) in [6, 6.07) is -1.15. The lowest BCUT2D eigenvalue weighted by atomic mass is 10.2. The molecule has 0 aliphatic rings. The third-order valence-corrected chi connectivity index (χ3v) is 1.85. The van der Waals surface area contributed by atoms with Crippen LogP contribution < -0.4 is 16.8 Å². The number of carbonyl (C=O) groups is 3. The van der Waals surface area contributed by atoms with Gasteiger partial charge in [-0.25, -0.2) is 4.98 Å². The first kappa shape index (κ1) is 12.6. The number of hydrogen-bond donors (Lipinski definition) is 3. The predicted octanol–water partition coefficient (Wildman–Crippen LogP) is -2.06. The molecule has 0 fully saturated rings. The Bertz CT molecular complexity index is 434. The number of aromatic nitrogens is 2. The first-order chi connectivity index (χ1) is 8.00. The second-order valence-electron chi connectivity index (χ2n) is 3.19. The Morgan fingerprint density at radius 1 is 1.29 bits per heavy atom. The van der Waals surface area contributed by atoms with Crippen molar-refractivity contribution in [2.24, 2.45) is 11.5 Å². The van der Waals surface area contributed by atoms with Crippen LogP contribution >= 0.6 is 0 Å². The lowest BCUT2D eigenvalue weighted by molar-refractivity contribution is -0.124.